The zero-order valence-electron chi connectivity index (χ0n) is 15.0. The third-order valence-electron chi connectivity index (χ3n) is 4.13. The van der Waals surface area contributed by atoms with Crippen LogP contribution in [0.5, 0.6) is 0 Å². The third-order valence-corrected chi connectivity index (χ3v) is 4.33. The molecule has 0 spiro atoms. The highest BCUT2D eigenvalue weighted by Crippen LogP contribution is 2.15. The molecule has 6 heteroatoms. The first-order valence-corrected chi connectivity index (χ1v) is 9.36. The lowest BCUT2D eigenvalue weighted by atomic mass is 10.1. The third kappa shape index (κ3) is 6.46. The molecule has 1 heterocycles. The van der Waals surface area contributed by atoms with Crippen molar-refractivity contribution in [3.8, 4) is 0 Å². The van der Waals surface area contributed by atoms with E-state index in [1.807, 2.05) is 30.9 Å². The van der Waals surface area contributed by atoms with Crippen LogP contribution in [-0.2, 0) is 4.79 Å². The predicted molar refractivity (Wildman–Crippen MR) is 105 cm³/mol. The molecule has 1 fully saturated rings. The lowest BCUT2D eigenvalue weighted by Gasteiger charge is -2.20. The number of likely N-dealkylation sites (tertiary alicyclic amines) is 1. The first kappa shape index (κ1) is 19.4. The second-order valence-electron chi connectivity index (χ2n) is 6.88. The van der Waals surface area contributed by atoms with Crippen LogP contribution in [0, 0.1) is 5.92 Å². The molecule has 0 aromatic heterocycles. The summed E-state index contributed by atoms with van der Waals surface area (Å²) in [4.78, 5) is 26.2. The number of thiocarbonyl (C=S) groups is 1. The molecule has 2 rings (SSSR count). The molecule has 5 nitrogen and oxygen atoms in total. The predicted octanol–water partition coefficient (Wildman–Crippen LogP) is 3.56. The molecular formula is C19H27N3O2S. The van der Waals surface area contributed by atoms with Crippen molar-refractivity contribution in [1.29, 1.82) is 0 Å². The minimum Gasteiger partial charge on any atom is -0.339 e. The topological polar surface area (TPSA) is 61.4 Å². The van der Waals surface area contributed by atoms with Crippen LogP contribution in [0.4, 0.5) is 5.69 Å². The van der Waals surface area contributed by atoms with Gasteiger partial charge in [0.25, 0.3) is 5.91 Å². The summed E-state index contributed by atoms with van der Waals surface area (Å²) in [6, 6.07) is 7.22. The Morgan fingerprint density at radius 3 is 2.24 bits per heavy atom. The zero-order valence-corrected chi connectivity index (χ0v) is 15.8. The van der Waals surface area contributed by atoms with E-state index < -0.39 is 0 Å². The van der Waals surface area contributed by atoms with E-state index in [-0.39, 0.29) is 22.8 Å². The van der Waals surface area contributed by atoms with Gasteiger partial charge in [-0.05, 0) is 55.2 Å². The highest BCUT2D eigenvalue weighted by atomic mass is 32.1. The van der Waals surface area contributed by atoms with Gasteiger partial charge in [-0.15, -0.1) is 0 Å². The van der Waals surface area contributed by atoms with Gasteiger partial charge in [-0.1, -0.05) is 26.7 Å². The average Bonchev–Trinajstić information content (AvgIpc) is 2.83. The van der Waals surface area contributed by atoms with E-state index in [1.165, 1.54) is 12.8 Å². The molecule has 0 atom stereocenters. The van der Waals surface area contributed by atoms with Crippen molar-refractivity contribution in [2.24, 2.45) is 5.92 Å². The second kappa shape index (κ2) is 9.51. The molecule has 1 aliphatic rings. The van der Waals surface area contributed by atoms with E-state index >= 15 is 0 Å². The number of anilines is 1. The van der Waals surface area contributed by atoms with E-state index in [4.69, 9.17) is 12.2 Å². The monoisotopic (exact) mass is 361 g/mol. The van der Waals surface area contributed by atoms with Crippen LogP contribution in [-0.4, -0.2) is 34.9 Å². The number of carbonyl (C=O) groups is 2. The van der Waals surface area contributed by atoms with Gasteiger partial charge in [0.15, 0.2) is 5.11 Å². The maximum atomic E-state index is 12.6. The molecule has 0 bridgehead atoms. The summed E-state index contributed by atoms with van der Waals surface area (Å²) in [5, 5.41) is 5.91. The van der Waals surface area contributed by atoms with Gasteiger partial charge in [-0.25, -0.2) is 0 Å². The van der Waals surface area contributed by atoms with Crippen LogP contribution in [0.3, 0.4) is 0 Å². The summed E-state index contributed by atoms with van der Waals surface area (Å²) < 4.78 is 0. The van der Waals surface area contributed by atoms with E-state index in [9.17, 15) is 9.59 Å². The van der Waals surface area contributed by atoms with Gasteiger partial charge >= 0.3 is 0 Å². The summed E-state index contributed by atoms with van der Waals surface area (Å²) in [5.74, 6) is 0.272. The lowest BCUT2D eigenvalue weighted by molar-refractivity contribution is -0.120. The Morgan fingerprint density at radius 2 is 1.68 bits per heavy atom. The number of nitrogens with zero attached hydrogens (tertiary/aromatic N) is 1. The van der Waals surface area contributed by atoms with Gasteiger partial charge in [0.1, 0.15) is 0 Å². The number of benzene rings is 1. The molecule has 2 amide bonds. The molecule has 1 aromatic rings. The lowest BCUT2D eigenvalue weighted by Crippen LogP contribution is -2.34. The number of nitrogens with one attached hydrogen (secondary N) is 2. The van der Waals surface area contributed by atoms with Gasteiger partial charge in [0.05, 0.1) is 0 Å². The first-order valence-electron chi connectivity index (χ1n) is 8.96. The van der Waals surface area contributed by atoms with E-state index in [0.717, 1.165) is 31.6 Å². The number of hydrogen-bond acceptors (Lipinski definition) is 3. The second-order valence-corrected chi connectivity index (χ2v) is 7.29. The largest absolute Gasteiger partial charge is 0.339 e. The molecule has 0 radical (unpaired) electrons. The van der Waals surface area contributed by atoms with Gasteiger partial charge in [-0.2, -0.15) is 0 Å². The van der Waals surface area contributed by atoms with Crippen molar-refractivity contribution in [3.63, 3.8) is 0 Å². The average molecular weight is 362 g/mol. The van der Waals surface area contributed by atoms with E-state index in [2.05, 4.69) is 10.6 Å². The molecular weight excluding hydrogens is 334 g/mol. The smallest absolute Gasteiger partial charge is 0.253 e. The first-order chi connectivity index (χ1) is 12.0. The standard InChI is InChI=1S/C19H27N3O2S/c1-14(2)13-17(23)21-19(25)20-16-9-7-15(8-10-16)18(24)22-11-5-3-4-6-12-22/h7-10,14H,3-6,11-13H2,1-2H3,(H2,20,21,23,25). The molecule has 0 saturated carbocycles. The van der Waals surface area contributed by atoms with E-state index in [0.29, 0.717) is 12.0 Å². The maximum absolute atomic E-state index is 12.6. The Bertz CT molecular complexity index is 606. The Kier molecular flexibility index (Phi) is 7.37. The summed E-state index contributed by atoms with van der Waals surface area (Å²) in [5.41, 5.74) is 1.43. The number of amides is 2. The van der Waals surface area contributed by atoms with Crippen molar-refractivity contribution in [2.45, 2.75) is 46.0 Å². The molecule has 1 aliphatic heterocycles. The Hall–Kier alpha value is -1.95. The fraction of sp³-hybridized carbons (Fsp3) is 0.526. The van der Waals surface area contributed by atoms with Gasteiger partial charge in [-0.3, -0.25) is 9.59 Å². The molecule has 0 aliphatic carbocycles. The number of hydrogen-bond donors (Lipinski definition) is 2. The zero-order chi connectivity index (χ0) is 18.2. The Labute approximate surface area is 155 Å². The van der Waals surface area contributed by atoms with Crippen LogP contribution in [0.2, 0.25) is 0 Å². The Morgan fingerprint density at radius 1 is 1.08 bits per heavy atom. The maximum Gasteiger partial charge on any atom is 0.253 e. The van der Waals surface area contributed by atoms with Crippen molar-refractivity contribution in [2.75, 3.05) is 18.4 Å². The number of carbonyl (C=O) groups excluding carboxylic acids is 2. The molecule has 0 unspecified atom stereocenters. The molecule has 136 valence electrons. The van der Waals surface area contributed by atoms with Crippen LogP contribution in [0.1, 0.15) is 56.3 Å². The number of rotatable bonds is 4. The quantitative estimate of drug-likeness (QED) is 0.805. The summed E-state index contributed by atoms with van der Waals surface area (Å²) >= 11 is 5.15. The molecule has 1 aromatic carbocycles. The summed E-state index contributed by atoms with van der Waals surface area (Å²) in [7, 11) is 0. The fourth-order valence-electron chi connectivity index (χ4n) is 2.86. The summed E-state index contributed by atoms with van der Waals surface area (Å²) in [6.45, 7) is 5.64. The van der Waals surface area contributed by atoms with Crippen molar-refractivity contribution in [1.82, 2.24) is 10.2 Å². The van der Waals surface area contributed by atoms with Crippen molar-refractivity contribution in [3.05, 3.63) is 29.8 Å². The molecule has 1 saturated heterocycles. The van der Waals surface area contributed by atoms with Gasteiger partial charge < -0.3 is 15.5 Å². The molecule has 25 heavy (non-hydrogen) atoms. The fourth-order valence-corrected chi connectivity index (χ4v) is 3.09. The van der Waals surface area contributed by atoms with Crippen molar-refractivity contribution < 1.29 is 9.59 Å². The normalized spacial score (nSPS) is 14.8. The van der Waals surface area contributed by atoms with Crippen molar-refractivity contribution >= 4 is 34.8 Å². The minimum atomic E-state index is -0.0968. The Balaban J connectivity index is 1.89. The SMILES string of the molecule is CC(C)CC(=O)NC(=S)Nc1ccc(C(=O)N2CCCCCC2)cc1. The van der Waals surface area contributed by atoms with Gasteiger partial charge in [0, 0.05) is 30.8 Å². The van der Waals surface area contributed by atoms with Gasteiger partial charge in [0.2, 0.25) is 5.91 Å². The van der Waals surface area contributed by atoms with Crippen LogP contribution in [0.25, 0.3) is 0 Å². The highest BCUT2D eigenvalue weighted by Gasteiger charge is 2.17. The highest BCUT2D eigenvalue weighted by molar-refractivity contribution is 7.80. The summed E-state index contributed by atoms with van der Waals surface area (Å²) in [6.07, 6.45) is 5.00. The van der Waals surface area contributed by atoms with E-state index in [1.54, 1.807) is 12.1 Å². The van der Waals surface area contributed by atoms with Crippen LogP contribution in [0.15, 0.2) is 24.3 Å². The van der Waals surface area contributed by atoms with Crippen LogP contribution < -0.4 is 10.6 Å². The molecule has 2 N–H and O–H groups in total. The van der Waals surface area contributed by atoms with Crippen LogP contribution >= 0.6 is 12.2 Å². The minimum absolute atomic E-state index is 0.0845.